The van der Waals surface area contributed by atoms with Gasteiger partial charge in [-0.2, -0.15) is 0 Å². The highest BCUT2D eigenvalue weighted by molar-refractivity contribution is 7.20. The fourth-order valence-corrected chi connectivity index (χ4v) is 4.12. The third-order valence-corrected chi connectivity index (χ3v) is 5.96. The lowest BCUT2D eigenvalue weighted by Crippen LogP contribution is -2.43. The molecular weight excluding hydrogens is 358 g/mol. The van der Waals surface area contributed by atoms with Gasteiger partial charge in [0.05, 0.1) is 10.2 Å². The summed E-state index contributed by atoms with van der Waals surface area (Å²) in [6, 6.07) is 14.0. The van der Waals surface area contributed by atoms with Gasteiger partial charge in [0.25, 0.3) is 5.19 Å². The molecule has 6 heteroatoms. The minimum absolute atomic E-state index is 0.0447. The molecule has 1 N–H and O–H groups in total. The Bertz CT molecular complexity index is 928. The number of thiazole rings is 1. The topological polar surface area (TPSA) is 54.5 Å². The van der Waals surface area contributed by atoms with Crippen molar-refractivity contribution in [2.24, 2.45) is 0 Å². The molecule has 4 rings (SSSR count). The SMILES string of the molecule is Cc1ccc(NC(=O)N2CCC(Oc3nc4ccccc4s3)CC2)cc1C. The highest BCUT2D eigenvalue weighted by atomic mass is 32.1. The van der Waals surface area contributed by atoms with Crippen LogP contribution < -0.4 is 10.1 Å². The molecule has 1 aliphatic rings. The first-order valence-corrected chi connectivity index (χ1v) is 10.1. The smallest absolute Gasteiger partial charge is 0.321 e. The van der Waals surface area contributed by atoms with Crippen molar-refractivity contribution in [2.45, 2.75) is 32.8 Å². The summed E-state index contributed by atoms with van der Waals surface area (Å²) in [4.78, 5) is 18.9. The fourth-order valence-electron chi connectivity index (χ4n) is 3.24. The second-order valence-electron chi connectivity index (χ2n) is 6.98. The van der Waals surface area contributed by atoms with Gasteiger partial charge in [-0.1, -0.05) is 29.5 Å². The van der Waals surface area contributed by atoms with Crippen molar-refractivity contribution in [1.82, 2.24) is 9.88 Å². The summed E-state index contributed by atoms with van der Waals surface area (Å²) in [5, 5.41) is 3.71. The molecule has 0 radical (unpaired) electrons. The number of urea groups is 1. The largest absolute Gasteiger partial charge is 0.467 e. The number of hydrogen-bond donors (Lipinski definition) is 1. The lowest BCUT2D eigenvalue weighted by Gasteiger charge is -2.31. The Hall–Kier alpha value is -2.60. The first kappa shape index (κ1) is 17.8. The van der Waals surface area contributed by atoms with Crippen LogP contribution >= 0.6 is 11.3 Å². The van der Waals surface area contributed by atoms with E-state index in [0.29, 0.717) is 18.3 Å². The van der Waals surface area contributed by atoms with Crippen molar-refractivity contribution in [3.63, 3.8) is 0 Å². The van der Waals surface area contributed by atoms with Crippen LogP contribution in [0.25, 0.3) is 10.2 Å². The number of aryl methyl sites for hydroxylation is 2. The molecule has 0 aliphatic carbocycles. The number of para-hydroxylation sites is 1. The number of fused-ring (bicyclic) bond motifs is 1. The first-order chi connectivity index (χ1) is 13.1. The maximum atomic E-state index is 12.5. The standard InChI is InChI=1S/C21H23N3O2S/c1-14-7-8-16(13-15(14)2)22-20(25)24-11-9-17(10-12-24)26-21-23-18-5-3-4-6-19(18)27-21/h3-8,13,17H,9-12H2,1-2H3,(H,22,25). The van der Waals surface area contributed by atoms with E-state index in [4.69, 9.17) is 4.74 Å². The zero-order valence-electron chi connectivity index (χ0n) is 15.6. The van der Waals surface area contributed by atoms with E-state index in [2.05, 4.69) is 30.2 Å². The van der Waals surface area contributed by atoms with Gasteiger partial charge in [-0.15, -0.1) is 0 Å². The van der Waals surface area contributed by atoms with Gasteiger partial charge >= 0.3 is 6.03 Å². The molecule has 3 aromatic rings. The lowest BCUT2D eigenvalue weighted by atomic mass is 10.1. The van der Waals surface area contributed by atoms with E-state index in [-0.39, 0.29) is 12.1 Å². The van der Waals surface area contributed by atoms with Gasteiger partial charge in [0, 0.05) is 31.6 Å². The van der Waals surface area contributed by atoms with E-state index >= 15 is 0 Å². The van der Waals surface area contributed by atoms with Crippen molar-refractivity contribution in [1.29, 1.82) is 0 Å². The molecule has 5 nitrogen and oxygen atoms in total. The van der Waals surface area contributed by atoms with Gasteiger partial charge in [-0.25, -0.2) is 9.78 Å². The zero-order valence-corrected chi connectivity index (χ0v) is 16.4. The monoisotopic (exact) mass is 381 g/mol. The Morgan fingerprint density at radius 1 is 1.15 bits per heavy atom. The van der Waals surface area contributed by atoms with Gasteiger partial charge < -0.3 is 15.0 Å². The predicted molar refractivity (Wildman–Crippen MR) is 110 cm³/mol. The number of carbonyl (C=O) groups is 1. The van der Waals surface area contributed by atoms with Crippen LogP contribution in [0, 0.1) is 13.8 Å². The Kier molecular flexibility index (Phi) is 4.99. The fraction of sp³-hybridized carbons (Fsp3) is 0.333. The molecule has 0 spiro atoms. The van der Waals surface area contributed by atoms with Crippen molar-refractivity contribution >= 4 is 33.3 Å². The number of carbonyl (C=O) groups excluding carboxylic acids is 1. The minimum Gasteiger partial charge on any atom is -0.467 e. The summed E-state index contributed by atoms with van der Waals surface area (Å²) in [5.41, 5.74) is 4.22. The second kappa shape index (κ2) is 7.56. The van der Waals surface area contributed by atoms with Crippen LogP contribution in [0.1, 0.15) is 24.0 Å². The molecule has 0 unspecified atom stereocenters. The number of aromatic nitrogens is 1. The summed E-state index contributed by atoms with van der Waals surface area (Å²) in [7, 11) is 0. The maximum Gasteiger partial charge on any atom is 0.321 e. The maximum absolute atomic E-state index is 12.5. The van der Waals surface area contributed by atoms with Crippen molar-refractivity contribution in [3.05, 3.63) is 53.6 Å². The molecule has 1 saturated heterocycles. The third-order valence-electron chi connectivity index (χ3n) is 5.03. The van der Waals surface area contributed by atoms with E-state index in [9.17, 15) is 4.79 Å². The van der Waals surface area contributed by atoms with Crippen LogP contribution in [0.4, 0.5) is 10.5 Å². The summed E-state index contributed by atoms with van der Waals surface area (Å²) >= 11 is 1.58. The van der Waals surface area contributed by atoms with Gasteiger partial charge in [-0.3, -0.25) is 0 Å². The molecule has 0 saturated carbocycles. The van der Waals surface area contributed by atoms with E-state index < -0.39 is 0 Å². The molecule has 2 aromatic carbocycles. The number of ether oxygens (including phenoxy) is 1. The number of hydrogen-bond acceptors (Lipinski definition) is 4. The van der Waals surface area contributed by atoms with Crippen LogP contribution in [0.15, 0.2) is 42.5 Å². The molecular formula is C21H23N3O2S. The summed E-state index contributed by atoms with van der Waals surface area (Å²) in [5.74, 6) is 0. The highest BCUT2D eigenvalue weighted by Crippen LogP contribution is 2.29. The van der Waals surface area contributed by atoms with Crippen molar-refractivity contribution in [2.75, 3.05) is 18.4 Å². The molecule has 2 heterocycles. The number of nitrogens with zero attached hydrogens (tertiary/aromatic N) is 2. The number of anilines is 1. The summed E-state index contributed by atoms with van der Waals surface area (Å²) in [6.07, 6.45) is 1.74. The Labute approximate surface area is 163 Å². The van der Waals surface area contributed by atoms with Gasteiger partial charge in [0.1, 0.15) is 6.10 Å². The van der Waals surface area contributed by atoms with Crippen LogP contribution in [0.2, 0.25) is 0 Å². The number of amides is 2. The summed E-state index contributed by atoms with van der Waals surface area (Å²) in [6.45, 7) is 5.49. The third kappa shape index (κ3) is 4.06. The number of benzene rings is 2. The molecule has 0 bridgehead atoms. The molecule has 1 aromatic heterocycles. The van der Waals surface area contributed by atoms with E-state index in [1.807, 2.05) is 41.3 Å². The molecule has 27 heavy (non-hydrogen) atoms. The van der Waals surface area contributed by atoms with Gasteiger partial charge in [0.2, 0.25) is 0 Å². The zero-order chi connectivity index (χ0) is 18.8. The van der Waals surface area contributed by atoms with E-state index in [1.165, 1.54) is 11.1 Å². The Balaban J connectivity index is 1.31. The molecule has 0 atom stereocenters. The predicted octanol–water partition coefficient (Wildman–Crippen LogP) is 4.99. The molecule has 140 valence electrons. The normalized spacial score (nSPS) is 15.1. The Morgan fingerprint density at radius 2 is 1.93 bits per heavy atom. The second-order valence-corrected chi connectivity index (χ2v) is 7.97. The lowest BCUT2D eigenvalue weighted by molar-refractivity contribution is 0.115. The molecule has 1 fully saturated rings. The van der Waals surface area contributed by atoms with Gasteiger partial charge in [-0.05, 0) is 49.2 Å². The molecule has 2 amide bonds. The quantitative estimate of drug-likeness (QED) is 0.695. The first-order valence-electron chi connectivity index (χ1n) is 9.24. The van der Waals surface area contributed by atoms with Gasteiger partial charge in [0.15, 0.2) is 0 Å². The highest BCUT2D eigenvalue weighted by Gasteiger charge is 2.25. The van der Waals surface area contributed by atoms with Crippen LogP contribution in [0.3, 0.4) is 0 Å². The van der Waals surface area contributed by atoms with Crippen molar-refractivity contribution < 1.29 is 9.53 Å². The molecule has 1 aliphatic heterocycles. The number of piperidine rings is 1. The minimum atomic E-state index is -0.0447. The number of nitrogens with one attached hydrogen (secondary N) is 1. The van der Waals surface area contributed by atoms with Crippen LogP contribution in [-0.4, -0.2) is 35.1 Å². The van der Waals surface area contributed by atoms with Crippen molar-refractivity contribution in [3.8, 4) is 5.19 Å². The Morgan fingerprint density at radius 3 is 2.67 bits per heavy atom. The summed E-state index contributed by atoms with van der Waals surface area (Å²) < 4.78 is 7.20. The average molecular weight is 382 g/mol. The van der Waals surface area contributed by atoms with E-state index in [0.717, 1.165) is 28.7 Å². The van der Waals surface area contributed by atoms with Crippen LogP contribution in [0.5, 0.6) is 5.19 Å². The average Bonchev–Trinajstić information content (AvgIpc) is 3.07. The number of likely N-dealkylation sites (tertiary alicyclic amines) is 1. The van der Waals surface area contributed by atoms with Crippen LogP contribution in [-0.2, 0) is 0 Å². The van der Waals surface area contributed by atoms with E-state index in [1.54, 1.807) is 11.3 Å². The number of rotatable bonds is 3.